The van der Waals surface area contributed by atoms with E-state index in [1.165, 1.54) is 0 Å². The van der Waals surface area contributed by atoms with Crippen molar-refractivity contribution in [2.24, 2.45) is 0 Å². The number of carbonyl (C=O) groups excluding carboxylic acids is 3. The third-order valence-electron chi connectivity index (χ3n) is 0. The normalized spacial score (nSPS) is 5.70. The van der Waals surface area contributed by atoms with Crippen LogP contribution in [-0.4, -0.2) is 20.4 Å². The zero-order valence-electron chi connectivity index (χ0n) is 4.47. The Hall–Kier alpha value is 1.11. The average molecular weight is 513 g/mol. The third kappa shape index (κ3) is 485. The van der Waals surface area contributed by atoms with Crippen LogP contribution >= 0.6 is 40.3 Å². The molecule has 64 valence electrons. The summed E-state index contributed by atoms with van der Waals surface area (Å²) in [6.45, 7) is 9.75. The Balaban J connectivity index is -0.0000000262. The van der Waals surface area contributed by atoms with Crippen LogP contribution in [0.5, 0.6) is 0 Å². The van der Waals surface area contributed by atoms with Gasteiger partial charge in [0.05, 0.1) is 0 Å². The molecule has 0 atom stereocenters. The Kier molecular flexibility index (Phi) is 112. The number of halogens is 3. The van der Waals surface area contributed by atoms with Crippen molar-refractivity contribution in [2.45, 2.75) is 0 Å². The Morgan fingerprint density at radius 3 is 0.700 bits per heavy atom. The van der Waals surface area contributed by atoms with Crippen LogP contribution in [0.4, 0.5) is 0 Å². The number of rotatable bonds is 0. The molecule has 10 heavy (non-hydrogen) atoms. The van der Waals surface area contributed by atoms with Crippen molar-refractivity contribution in [3.63, 3.8) is 0 Å². The van der Waals surface area contributed by atoms with Gasteiger partial charge in [0, 0.05) is 0 Å². The van der Waals surface area contributed by atoms with E-state index in [0.29, 0.717) is 0 Å². The van der Waals surface area contributed by atoms with Crippen LogP contribution in [0.15, 0.2) is 0 Å². The molecule has 0 heterocycles. The molecule has 0 rings (SSSR count). The quantitative estimate of drug-likeness (QED) is 0.367. The Morgan fingerprint density at radius 2 is 0.700 bits per heavy atom. The second-order valence-corrected chi connectivity index (χ2v) is 35.8. The predicted molar refractivity (Wildman–Crippen MR) is 47.0 cm³/mol. The molecule has 0 aromatic carbocycles. The van der Waals surface area contributed by atoms with Crippen molar-refractivity contribution in [3.05, 3.63) is 0 Å². The molecule has 0 aliphatic heterocycles. The second kappa shape index (κ2) is 49.7. The van der Waals surface area contributed by atoms with Crippen LogP contribution in [0.1, 0.15) is 0 Å². The first-order valence-electron chi connectivity index (χ1n) is 1.14. The van der Waals surface area contributed by atoms with Crippen LogP contribution in [0.25, 0.3) is 0 Å². The molecule has 0 aliphatic carbocycles. The molecule has 0 radical (unpaired) electrons. The minimum absolute atomic E-state index is 1.03. The minimum Gasteiger partial charge on any atom is -0.545 e. The zero-order valence-corrected chi connectivity index (χ0v) is 11.9. The maximum Gasteiger partial charge on any atom is -0.282 e. The second-order valence-electron chi connectivity index (χ2n) is 0.162. The first-order valence-corrected chi connectivity index (χ1v) is 18.9. The molecule has 0 aromatic heterocycles. The van der Waals surface area contributed by atoms with Gasteiger partial charge in [0.2, 0.25) is 0 Å². The summed E-state index contributed by atoms with van der Waals surface area (Å²) >= 11 is 9.87. The van der Waals surface area contributed by atoms with Crippen molar-refractivity contribution in [1.82, 2.24) is 0 Å². The van der Waals surface area contributed by atoms with E-state index in [9.17, 15) is 0 Å². The molecule has 3 nitrogen and oxygen atoms in total. The van der Waals surface area contributed by atoms with E-state index in [4.69, 9.17) is 14.4 Å². The minimum atomic E-state index is -1.03. The summed E-state index contributed by atoms with van der Waals surface area (Å²) in [5.74, 6) is 0. The molecule has 7 heteroatoms. The van der Waals surface area contributed by atoms with E-state index < -0.39 is 10.7 Å². The summed E-state index contributed by atoms with van der Waals surface area (Å²) in [6.07, 6.45) is 0. The van der Waals surface area contributed by atoms with Crippen LogP contribution < -0.4 is 0 Å². The summed E-state index contributed by atoms with van der Waals surface area (Å²) < 4.78 is 0. The van der Waals surface area contributed by atoms with Gasteiger partial charge in [-0.1, -0.05) is 0 Å². The van der Waals surface area contributed by atoms with E-state index in [0.717, 1.165) is 0 Å². The van der Waals surface area contributed by atoms with Gasteiger partial charge in [-0.15, -0.1) is 0 Å². The van der Waals surface area contributed by atoms with Crippen molar-refractivity contribution in [2.75, 3.05) is 0 Å². The molecule has 0 bridgehead atoms. The Labute approximate surface area is 84.9 Å². The van der Waals surface area contributed by atoms with Crippen LogP contribution in [0.2, 0.25) is 0 Å². The average Bonchev–Trinajstić information content (AvgIpc) is 1.98. The van der Waals surface area contributed by atoms with Gasteiger partial charge in [0.15, 0.2) is 0 Å². The fourth-order valence-corrected chi connectivity index (χ4v) is 0. The van der Waals surface area contributed by atoms with Crippen molar-refractivity contribution in [3.8, 4) is 0 Å². The van der Waals surface area contributed by atoms with Gasteiger partial charge >= 0.3 is 51.0 Å². The van der Waals surface area contributed by atoms with E-state index in [2.05, 4.69) is 60.7 Å². The van der Waals surface area contributed by atoms with Crippen LogP contribution in [-0.2, 0) is 25.1 Å². The number of hydrogen-bond donors (Lipinski definition) is 0. The topological polar surface area (TPSA) is 51.2 Å². The monoisotopic (exact) mass is 511 g/mol. The van der Waals surface area contributed by atoms with E-state index in [1.807, 2.05) is 0 Å². The molecule has 0 N–H and O–H groups in total. The van der Waals surface area contributed by atoms with Crippen LogP contribution in [0, 0.1) is 0 Å². The fraction of sp³-hybridized carbons (Fsp3) is 0. The molecular formula is C3H3Br3O3Re-3. The molecule has 0 fully saturated rings. The van der Waals surface area contributed by atoms with Gasteiger partial charge in [-0.3, -0.25) is 20.4 Å². The molecule has 0 amide bonds. The Morgan fingerprint density at radius 1 is 0.700 bits per heavy atom. The third-order valence-corrected chi connectivity index (χ3v) is 0. The standard InChI is InChI=1S/3CHO.3BrH.Re/c3*1-2;;;;/h3*1H;3*1H;/q3*-1;;;;+3/p-3. The van der Waals surface area contributed by atoms with Gasteiger partial charge < -0.3 is 14.4 Å². The first kappa shape index (κ1) is 22.5. The first-order chi connectivity index (χ1) is 4.73. The molecular weight excluding hydrogens is 510 g/mol. The molecule has 0 saturated carbocycles. The summed E-state index contributed by atoms with van der Waals surface area (Å²) in [6, 6.07) is 0. The molecule has 0 saturated heterocycles. The van der Waals surface area contributed by atoms with Gasteiger partial charge in [-0.05, 0) is 0 Å². The fourth-order valence-electron chi connectivity index (χ4n) is 0. The van der Waals surface area contributed by atoms with Crippen molar-refractivity contribution >= 4 is 60.7 Å². The molecule has 0 aromatic rings. The summed E-state index contributed by atoms with van der Waals surface area (Å²) in [4.78, 5) is 23.2. The van der Waals surface area contributed by atoms with E-state index in [1.54, 1.807) is 0 Å². The van der Waals surface area contributed by atoms with Gasteiger partial charge in [-0.25, -0.2) is 0 Å². The maximum absolute atomic E-state index is 7.75. The largest absolute Gasteiger partial charge is 0.545 e. The number of hydrogen-bond acceptors (Lipinski definition) is 3. The Bertz CT molecular complexity index is 40.5. The van der Waals surface area contributed by atoms with Gasteiger partial charge in [-0.2, -0.15) is 0 Å². The predicted octanol–water partition coefficient (Wildman–Crippen LogP) is 1.71. The molecule has 0 unspecified atom stereocenters. The van der Waals surface area contributed by atoms with Gasteiger partial charge in [0.1, 0.15) is 0 Å². The summed E-state index contributed by atoms with van der Waals surface area (Å²) in [7, 11) is -1.03. The van der Waals surface area contributed by atoms with E-state index in [-0.39, 0.29) is 0 Å². The summed E-state index contributed by atoms with van der Waals surface area (Å²) in [5, 5.41) is 0. The smallest absolute Gasteiger partial charge is 0.282 e. The summed E-state index contributed by atoms with van der Waals surface area (Å²) in [5.41, 5.74) is 0. The van der Waals surface area contributed by atoms with Gasteiger partial charge in [0.25, 0.3) is 0 Å². The molecule has 0 aliphatic rings. The van der Waals surface area contributed by atoms with E-state index >= 15 is 0 Å². The zero-order chi connectivity index (χ0) is 9.58. The maximum atomic E-state index is 7.75. The SMILES string of the molecule is [Br][Re]([Br])[Br].[CH-]=O.[CH-]=O.[CH-]=O. The van der Waals surface area contributed by atoms with Crippen molar-refractivity contribution in [1.29, 1.82) is 0 Å². The van der Waals surface area contributed by atoms with Crippen LogP contribution in [0.3, 0.4) is 0 Å². The molecule has 0 spiro atoms. The van der Waals surface area contributed by atoms with Crippen molar-refractivity contribution < 1.29 is 25.1 Å².